The number of carbonyl (C=O) groups is 1. The van der Waals surface area contributed by atoms with Crippen LogP contribution in [0.4, 0.5) is 0 Å². The molecule has 0 amide bonds. The van der Waals surface area contributed by atoms with E-state index in [1.807, 2.05) is 38.2 Å². The third-order valence-electron chi connectivity index (χ3n) is 2.18. The highest BCUT2D eigenvalue weighted by Crippen LogP contribution is 2.20. The van der Waals surface area contributed by atoms with Gasteiger partial charge in [-0.15, -0.1) is 0 Å². The first kappa shape index (κ1) is 13.4. The number of allylic oxidation sites excluding steroid dienone is 8. The molecule has 0 saturated carbocycles. The molecule has 1 atom stereocenters. The molecular formula is C14H18O. The summed E-state index contributed by atoms with van der Waals surface area (Å²) in [6.45, 7) is 11.1. The summed E-state index contributed by atoms with van der Waals surface area (Å²) in [6, 6.07) is 0. The molecule has 0 bridgehead atoms. The minimum Gasteiger partial charge on any atom is -0.302 e. The van der Waals surface area contributed by atoms with Gasteiger partial charge in [0.05, 0.1) is 5.92 Å². The van der Waals surface area contributed by atoms with Gasteiger partial charge < -0.3 is 4.79 Å². The van der Waals surface area contributed by atoms with E-state index in [9.17, 15) is 4.79 Å². The van der Waals surface area contributed by atoms with Crippen molar-refractivity contribution in [1.82, 2.24) is 0 Å². The summed E-state index contributed by atoms with van der Waals surface area (Å²) in [6.07, 6.45) is 11.9. The van der Waals surface area contributed by atoms with Crippen LogP contribution in [-0.4, -0.2) is 6.29 Å². The molecule has 0 heterocycles. The smallest absolute Gasteiger partial charge is 0.131 e. The predicted molar refractivity (Wildman–Crippen MR) is 66.6 cm³/mol. The molecule has 0 aromatic heterocycles. The molecule has 0 N–H and O–H groups in total. The molecule has 0 fully saturated rings. The van der Waals surface area contributed by atoms with Crippen molar-refractivity contribution >= 4 is 6.29 Å². The van der Waals surface area contributed by atoms with Crippen molar-refractivity contribution in [3.63, 3.8) is 0 Å². The van der Waals surface area contributed by atoms with E-state index in [0.29, 0.717) is 0 Å². The first-order valence-corrected chi connectivity index (χ1v) is 4.94. The number of carbonyl (C=O) groups excluding carboxylic acids is 1. The average molecular weight is 202 g/mol. The van der Waals surface area contributed by atoms with Crippen LogP contribution < -0.4 is 0 Å². The minimum atomic E-state index is -0.228. The third-order valence-corrected chi connectivity index (χ3v) is 2.18. The first-order valence-electron chi connectivity index (χ1n) is 4.94. The van der Waals surface area contributed by atoms with E-state index in [1.165, 1.54) is 0 Å². The van der Waals surface area contributed by atoms with Crippen LogP contribution in [0, 0.1) is 5.92 Å². The summed E-state index contributed by atoms with van der Waals surface area (Å²) in [5, 5.41) is 0. The van der Waals surface area contributed by atoms with Gasteiger partial charge in [0, 0.05) is 0 Å². The van der Waals surface area contributed by atoms with Crippen LogP contribution in [0.1, 0.15) is 13.8 Å². The van der Waals surface area contributed by atoms with Gasteiger partial charge in [-0.25, -0.2) is 0 Å². The normalized spacial score (nSPS) is 15.1. The second-order valence-corrected chi connectivity index (χ2v) is 2.99. The average Bonchev–Trinajstić information content (AvgIpc) is 2.28. The Bertz CT molecular complexity index is 316. The molecule has 1 nitrogen and oxygen atoms in total. The second kappa shape index (κ2) is 7.74. The predicted octanol–water partition coefficient (Wildman–Crippen LogP) is 3.62. The zero-order valence-electron chi connectivity index (χ0n) is 9.44. The molecule has 0 aromatic carbocycles. The fourth-order valence-corrected chi connectivity index (χ4v) is 1.33. The maximum Gasteiger partial charge on any atom is 0.131 e. The van der Waals surface area contributed by atoms with Crippen LogP contribution in [0.25, 0.3) is 0 Å². The molecule has 0 aromatic rings. The van der Waals surface area contributed by atoms with Crippen LogP contribution >= 0.6 is 0 Å². The zero-order valence-corrected chi connectivity index (χ0v) is 9.44. The largest absolute Gasteiger partial charge is 0.302 e. The van der Waals surface area contributed by atoms with Gasteiger partial charge in [0.15, 0.2) is 0 Å². The van der Waals surface area contributed by atoms with Crippen LogP contribution in [0.5, 0.6) is 0 Å². The van der Waals surface area contributed by atoms with E-state index in [2.05, 4.69) is 13.2 Å². The van der Waals surface area contributed by atoms with E-state index in [-0.39, 0.29) is 5.92 Å². The SMILES string of the molecule is C=C/C=C\C(=C/C)C(C=O)/C(C=C)=C/C. The molecule has 0 aliphatic carbocycles. The molecule has 0 aliphatic rings. The molecule has 0 aliphatic heterocycles. The summed E-state index contributed by atoms with van der Waals surface area (Å²) < 4.78 is 0. The molecule has 1 unspecified atom stereocenters. The molecule has 0 rings (SSSR count). The lowest BCUT2D eigenvalue weighted by Gasteiger charge is -2.12. The van der Waals surface area contributed by atoms with Gasteiger partial charge in [-0.3, -0.25) is 0 Å². The Balaban J connectivity index is 5.09. The highest BCUT2D eigenvalue weighted by atomic mass is 16.1. The van der Waals surface area contributed by atoms with Crippen LogP contribution in [0.3, 0.4) is 0 Å². The van der Waals surface area contributed by atoms with E-state index in [0.717, 1.165) is 17.4 Å². The van der Waals surface area contributed by atoms with Crippen molar-refractivity contribution in [3.05, 3.63) is 60.8 Å². The topological polar surface area (TPSA) is 17.1 Å². The molecule has 80 valence electrons. The van der Waals surface area contributed by atoms with Gasteiger partial charge in [-0.05, 0) is 25.0 Å². The van der Waals surface area contributed by atoms with E-state index < -0.39 is 0 Å². The number of hydrogen-bond donors (Lipinski definition) is 0. The van der Waals surface area contributed by atoms with Gasteiger partial charge in [-0.1, -0.05) is 49.6 Å². The molecule has 0 spiro atoms. The van der Waals surface area contributed by atoms with E-state index in [4.69, 9.17) is 0 Å². The summed E-state index contributed by atoms with van der Waals surface area (Å²) in [5.41, 5.74) is 1.88. The lowest BCUT2D eigenvalue weighted by molar-refractivity contribution is -0.109. The summed E-state index contributed by atoms with van der Waals surface area (Å²) in [7, 11) is 0. The van der Waals surface area contributed by atoms with Crippen LogP contribution in [0.15, 0.2) is 60.8 Å². The Morgan fingerprint density at radius 1 is 1.13 bits per heavy atom. The molecular weight excluding hydrogens is 184 g/mol. The van der Waals surface area contributed by atoms with Crippen molar-refractivity contribution in [2.45, 2.75) is 13.8 Å². The maximum absolute atomic E-state index is 11.0. The standard InChI is InChI=1S/C14H18O/c1-5-9-10-13(8-4)14(11-15)12(6-2)7-3/h5-11,14H,1-2H2,3-4H3/b10-9-,12-7+,13-8+. The zero-order chi connectivity index (χ0) is 11.7. The van der Waals surface area contributed by atoms with Crippen LogP contribution in [-0.2, 0) is 4.79 Å². The van der Waals surface area contributed by atoms with Crippen molar-refractivity contribution in [2.24, 2.45) is 5.92 Å². The van der Waals surface area contributed by atoms with E-state index in [1.54, 1.807) is 12.2 Å². The van der Waals surface area contributed by atoms with Gasteiger partial charge >= 0.3 is 0 Å². The van der Waals surface area contributed by atoms with Crippen molar-refractivity contribution < 1.29 is 4.79 Å². The number of hydrogen-bond acceptors (Lipinski definition) is 1. The molecule has 15 heavy (non-hydrogen) atoms. The van der Waals surface area contributed by atoms with Crippen molar-refractivity contribution in [1.29, 1.82) is 0 Å². The Labute approximate surface area is 92.2 Å². The fourth-order valence-electron chi connectivity index (χ4n) is 1.33. The molecule has 1 heteroatoms. The summed E-state index contributed by atoms with van der Waals surface area (Å²) in [4.78, 5) is 11.0. The fraction of sp³-hybridized carbons (Fsp3) is 0.214. The van der Waals surface area contributed by atoms with Crippen molar-refractivity contribution in [2.75, 3.05) is 0 Å². The number of rotatable bonds is 6. The third kappa shape index (κ3) is 3.94. The number of aldehydes is 1. The summed E-state index contributed by atoms with van der Waals surface area (Å²) in [5.74, 6) is -0.228. The Hall–Kier alpha value is -1.63. The highest BCUT2D eigenvalue weighted by Gasteiger charge is 2.12. The second-order valence-electron chi connectivity index (χ2n) is 2.99. The van der Waals surface area contributed by atoms with Crippen LogP contribution in [0.2, 0.25) is 0 Å². The quantitative estimate of drug-likeness (QED) is 0.475. The van der Waals surface area contributed by atoms with Gasteiger partial charge in [0.2, 0.25) is 0 Å². The summed E-state index contributed by atoms with van der Waals surface area (Å²) >= 11 is 0. The minimum absolute atomic E-state index is 0.228. The Morgan fingerprint density at radius 3 is 2.07 bits per heavy atom. The molecule has 0 radical (unpaired) electrons. The lowest BCUT2D eigenvalue weighted by atomic mass is 9.91. The van der Waals surface area contributed by atoms with Gasteiger partial charge in [-0.2, -0.15) is 0 Å². The van der Waals surface area contributed by atoms with Crippen molar-refractivity contribution in [3.8, 4) is 0 Å². The Kier molecular flexibility index (Phi) is 6.90. The maximum atomic E-state index is 11.0. The molecule has 0 saturated heterocycles. The highest BCUT2D eigenvalue weighted by molar-refractivity contribution is 5.67. The lowest BCUT2D eigenvalue weighted by Crippen LogP contribution is -2.06. The Morgan fingerprint density at radius 2 is 1.73 bits per heavy atom. The monoisotopic (exact) mass is 202 g/mol. The van der Waals surface area contributed by atoms with Gasteiger partial charge in [0.25, 0.3) is 0 Å². The first-order chi connectivity index (χ1) is 7.24. The van der Waals surface area contributed by atoms with Gasteiger partial charge in [0.1, 0.15) is 6.29 Å². The van der Waals surface area contributed by atoms with E-state index >= 15 is 0 Å².